The van der Waals surface area contributed by atoms with Crippen LogP contribution in [0.5, 0.6) is 0 Å². The Kier molecular flexibility index (Phi) is 3.10. The Morgan fingerprint density at radius 3 is 2.69 bits per heavy atom. The van der Waals surface area contributed by atoms with E-state index in [4.69, 9.17) is 10.8 Å². The van der Waals surface area contributed by atoms with Gasteiger partial charge in [-0.25, -0.2) is 4.79 Å². The first-order valence-corrected chi connectivity index (χ1v) is 5.47. The Bertz CT molecular complexity index is 367. The zero-order valence-electron chi connectivity index (χ0n) is 9.04. The van der Waals surface area contributed by atoms with E-state index < -0.39 is 6.09 Å². The highest BCUT2D eigenvalue weighted by molar-refractivity contribution is 5.65. The average Bonchev–Trinajstić information content (AvgIpc) is 2.30. The van der Waals surface area contributed by atoms with Crippen molar-refractivity contribution >= 4 is 6.09 Å². The van der Waals surface area contributed by atoms with Crippen LogP contribution in [0.1, 0.15) is 17.9 Å². The third-order valence-corrected chi connectivity index (χ3v) is 3.16. The van der Waals surface area contributed by atoms with Gasteiger partial charge in [0.05, 0.1) is 0 Å². The number of hydrogen-bond donors (Lipinski definition) is 2. The maximum atomic E-state index is 10.9. The molecule has 1 aromatic rings. The van der Waals surface area contributed by atoms with Gasteiger partial charge in [0.25, 0.3) is 0 Å². The first kappa shape index (κ1) is 11.0. The molecule has 0 spiro atoms. The highest BCUT2D eigenvalue weighted by atomic mass is 16.4. The normalized spacial score (nSPS) is 25.4. The second-order valence-corrected chi connectivity index (χ2v) is 4.20. The molecule has 4 heteroatoms. The van der Waals surface area contributed by atoms with Crippen molar-refractivity contribution in [3.63, 3.8) is 0 Å². The highest BCUT2D eigenvalue weighted by Gasteiger charge is 2.29. The van der Waals surface area contributed by atoms with Crippen molar-refractivity contribution < 1.29 is 9.90 Å². The fraction of sp³-hybridized carbons (Fsp3) is 0.417. The number of amides is 1. The summed E-state index contributed by atoms with van der Waals surface area (Å²) < 4.78 is 0. The molecule has 0 unspecified atom stereocenters. The first-order valence-electron chi connectivity index (χ1n) is 5.47. The van der Waals surface area contributed by atoms with Crippen LogP contribution in [0.3, 0.4) is 0 Å². The number of piperidine rings is 1. The molecule has 0 aromatic heterocycles. The number of likely N-dealkylation sites (tertiary alicyclic amines) is 1. The molecule has 2 rings (SSSR count). The molecule has 4 nitrogen and oxygen atoms in total. The molecule has 0 bridgehead atoms. The Labute approximate surface area is 94.7 Å². The lowest BCUT2D eigenvalue weighted by atomic mass is 9.87. The van der Waals surface area contributed by atoms with Gasteiger partial charge in [-0.1, -0.05) is 30.3 Å². The monoisotopic (exact) mass is 220 g/mol. The summed E-state index contributed by atoms with van der Waals surface area (Å²) in [5, 5.41) is 8.97. The predicted octanol–water partition coefficient (Wildman–Crippen LogP) is 1.48. The van der Waals surface area contributed by atoms with Gasteiger partial charge in [0.2, 0.25) is 0 Å². The lowest BCUT2D eigenvalue weighted by Gasteiger charge is -2.35. The molecule has 1 aliphatic rings. The van der Waals surface area contributed by atoms with Crippen LogP contribution in [-0.2, 0) is 0 Å². The van der Waals surface area contributed by atoms with E-state index in [1.807, 2.05) is 30.3 Å². The van der Waals surface area contributed by atoms with Crippen LogP contribution in [0, 0.1) is 0 Å². The largest absolute Gasteiger partial charge is 0.465 e. The summed E-state index contributed by atoms with van der Waals surface area (Å²) in [7, 11) is 0. The van der Waals surface area contributed by atoms with Gasteiger partial charge >= 0.3 is 6.09 Å². The quantitative estimate of drug-likeness (QED) is 0.753. The Hall–Kier alpha value is -1.55. The van der Waals surface area contributed by atoms with Gasteiger partial charge in [-0.3, -0.25) is 0 Å². The van der Waals surface area contributed by atoms with E-state index in [0.717, 1.165) is 12.0 Å². The number of benzene rings is 1. The molecule has 1 amide bonds. The number of nitrogens with zero attached hydrogens (tertiary/aromatic N) is 1. The molecular weight excluding hydrogens is 204 g/mol. The summed E-state index contributed by atoms with van der Waals surface area (Å²) >= 11 is 0. The summed E-state index contributed by atoms with van der Waals surface area (Å²) in [6.45, 7) is 1.04. The van der Waals surface area contributed by atoms with Gasteiger partial charge in [-0.2, -0.15) is 0 Å². The minimum atomic E-state index is -0.854. The molecule has 1 fully saturated rings. The number of rotatable bonds is 1. The van der Waals surface area contributed by atoms with E-state index >= 15 is 0 Å². The molecule has 0 saturated carbocycles. The molecule has 1 aliphatic heterocycles. The minimum absolute atomic E-state index is 0.0537. The van der Waals surface area contributed by atoms with E-state index in [-0.39, 0.29) is 12.0 Å². The zero-order chi connectivity index (χ0) is 11.5. The van der Waals surface area contributed by atoms with Gasteiger partial charge in [0.1, 0.15) is 0 Å². The van der Waals surface area contributed by atoms with Crippen LogP contribution >= 0.6 is 0 Å². The molecule has 1 aromatic carbocycles. The second-order valence-electron chi connectivity index (χ2n) is 4.20. The second kappa shape index (κ2) is 4.53. The van der Waals surface area contributed by atoms with Crippen molar-refractivity contribution in [2.24, 2.45) is 5.73 Å². The molecule has 86 valence electrons. The van der Waals surface area contributed by atoms with Crippen LogP contribution in [0.4, 0.5) is 4.79 Å². The van der Waals surface area contributed by atoms with Crippen molar-refractivity contribution in [1.82, 2.24) is 4.90 Å². The van der Waals surface area contributed by atoms with E-state index in [2.05, 4.69) is 0 Å². The molecule has 16 heavy (non-hydrogen) atoms. The highest BCUT2D eigenvalue weighted by Crippen LogP contribution is 2.25. The van der Waals surface area contributed by atoms with Crippen LogP contribution in [0.25, 0.3) is 0 Å². The summed E-state index contributed by atoms with van der Waals surface area (Å²) in [6, 6.07) is 9.94. The van der Waals surface area contributed by atoms with Gasteiger partial charge < -0.3 is 15.7 Å². The smallest absolute Gasteiger partial charge is 0.407 e. The molecule has 0 aliphatic carbocycles. The summed E-state index contributed by atoms with van der Waals surface area (Å²) in [5.74, 6) is 0.117. The zero-order valence-corrected chi connectivity index (χ0v) is 9.04. The lowest BCUT2D eigenvalue weighted by molar-refractivity contribution is 0.126. The SMILES string of the molecule is N[C@@H]1CCN(C(=O)O)C[C@@H]1c1ccccc1. The van der Waals surface area contributed by atoms with Gasteiger partial charge in [0, 0.05) is 25.0 Å². The van der Waals surface area contributed by atoms with Crippen LogP contribution in [0.2, 0.25) is 0 Å². The number of nitrogens with two attached hydrogens (primary N) is 1. The Morgan fingerprint density at radius 1 is 1.38 bits per heavy atom. The fourth-order valence-corrected chi connectivity index (χ4v) is 2.20. The molecule has 1 saturated heterocycles. The topological polar surface area (TPSA) is 66.6 Å². The number of hydrogen-bond acceptors (Lipinski definition) is 2. The maximum Gasteiger partial charge on any atom is 0.407 e. The summed E-state index contributed by atoms with van der Waals surface area (Å²) in [6.07, 6.45) is -0.126. The molecule has 3 N–H and O–H groups in total. The Morgan fingerprint density at radius 2 is 2.06 bits per heavy atom. The van der Waals surface area contributed by atoms with E-state index in [9.17, 15) is 4.79 Å². The molecule has 1 heterocycles. The summed E-state index contributed by atoms with van der Waals surface area (Å²) in [4.78, 5) is 12.4. The fourth-order valence-electron chi connectivity index (χ4n) is 2.20. The minimum Gasteiger partial charge on any atom is -0.465 e. The van der Waals surface area contributed by atoms with Gasteiger partial charge in [-0.15, -0.1) is 0 Å². The van der Waals surface area contributed by atoms with E-state index in [0.29, 0.717) is 13.1 Å². The Balaban J connectivity index is 2.16. The standard InChI is InChI=1S/C12H16N2O2/c13-11-6-7-14(12(15)16)8-10(11)9-4-2-1-3-5-9/h1-5,10-11H,6-8,13H2,(H,15,16)/t10-,11-/m1/s1. The van der Waals surface area contributed by atoms with E-state index in [1.54, 1.807) is 0 Å². The van der Waals surface area contributed by atoms with E-state index in [1.165, 1.54) is 4.90 Å². The predicted molar refractivity (Wildman–Crippen MR) is 61.4 cm³/mol. The van der Waals surface area contributed by atoms with Gasteiger partial charge in [-0.05, 0) is 12.0 Å². The van der Waals surface area contributed by atoms with Crippen molar-refractivity contribution in [3.8, 4) is 0 Å². The average molecular weight is 220 g/mol. The lowest BCUT2D eigenvalue weighted by Crippen LogP contribution is -2.47. The van der Waals surface area contributed by atoms with Crippen LogP contribution in [0.15, 0.2) is 30.3 Å². The third-order valence-electron chi connectivity index (χ3n) is 3.16. The molecule has 2 atom stereocenters. The third kappa shape index (κ3) is 2.17. The molecule has 0 radical (unpaired) electrons. The number of carboxylic acid groups (broad SMARTS) is 1. The van der Waals surface area contributed by atoms with Crippen LogP contribution in [-0.4, -0.2) is 35.2 Å². The molecular formula is C12H16N2O2. The van der Waals surface area contributed by atoms with Crippen molar-refractivity contribution in [2.75, 3.05) is 13.1 Å². The van der Waals surface area contributed by atoms with Crippen molar-refractivity contribution in [2.45, 2.75) is 18.4 Å². The maximum absolute atomic E-state index is 10.9. The first-order chi connectivity index (χ1) is 7.68. The number of carbonyl (C=O) groups is 1. The summed E-state index contributed by atoms with van der Waals surface area (Å²) in [5.41, 5.74) is 7.18. The van der Waals surface area contributed by atoms with Gasteiger partial charge in [0.15, 0.2) is 0 Å². The van der Waals surface area contributed by atoms with Crippen molar-refractivity contribution in [3.05, 3.63) is 35.9 Å². The van der Waals surface area contributed by atoms with Crippen molar-refractivity contribution in [1.29, 1.82) is 0 Å². The van der Waals surface area contributed by atoms with Crippen LogP contribution < -0.4 is 5.73 Å².